The monoisotopic (exact) mass is 361 g/mol. The van der Waals surface area contributed by atoms with Crippen LogP contribution in [0.1, 0.15) is 38.4 Å². The summed E-state index contributed by atoms with van der Waals surface area (Å²) in [4.78, 5) is 12.4. The SMILES string of the molecule is Cc1cc(/C=N\NC(=O)c2cccc(-n3c(C)ccc3C)c2)cc(C)c1O. The summed E-state index contributed by atoms with van der Waals surface area (Å²) in [6, 6.07) is 15.2. The van der Waals surface area contributed by atoms with E-state index in [4.69, 9.17) is 0 Å². The maximum atomic E-state index is 12.4. The first-order valence-electron chi connectivity index (χ1n) is 8.76. The second kappa shape index (κ2) is 7.50. The molecule has 5 nitrogen and oxygen atoms in total. The molecule has 0 aliphatic carbocycles. The number of amides is 1. The highest BCUT2D eigenvalue weighted by Crippen LogP contribution is 2.22. The number of benzene rings is 2. The van der Waals surface area contributed by atoms with E-state index in [2.05, 4.69) is 15.1 Å². The molecule has 0 saturated carbocycles. The van der Waals surface area contributed by atoms with Gasteiger partial charge in [0.2, 0.25) is 0 Å². The zero-order valence-corrected chi connectivity index (χ0v) is 15.9. The number of phenols is 1. The van der Waals surface area contributed by atoms with Gasteiger partial charge in [0.25, 0.3) is 5.91 Å². The van der Waals surface area contributed by atoms with Gasteiger partial charge in [0.15, 0.2) is 0 Å². The number of aryl methyl sites for hydroxylation is 4. The highest BCUT2D eigenvalue weighted by Gasteiger charge is 2.09. The minimum Gasteiger partial charge on any atom is -0.507 e. The van der Waals surface area contributed by atoms with E-state index in [0.717, 1.165) is 33.8 Å². The Labute approximate surface area is 159 Å². The first-order chi connectivity index (χ1) is 12.9. The Balaban J connectivity index is 1.76. The average Bonchev–Trinajstić information content (AvgIpc) is 2.98. The molecule has 0 fully saturated rings. The maximum absolute atomic E-state index is 12.4. The minimum atomic E-state index is -0.275. The number of aromatic hydroxyl groups is 1. The predicted octanol–water partition coefficient (Wildman–Crippen LogP) is 4.18. The molecule has 0 saturated heterocycles. The van der Waals surface area contributed by atoms with E-state index < -0.39 is 0 Å². The van der Waals surface area contributed by atoms with E-state index in [1.165, 1.54) is 0 Å². The number of rotatable bonds is 4. The van der Waals surface area contributed by atoms with Crippen molar-refractivity contribution in [3.8, 4) is 11.4 Å². The van der Waals surface area contributed by atoms with E-state index in [0.29, 0.717) is 5.56 Å². The van der Waals surface area contributed by atoms with Crippen molar-refractivity contribution in [3.05, 3.63) is 82.2 Å². The van der Waals surface area contributed by atoms with E-state index in [-0.39, 0.29) is 11.7 Å². The lowest BCUT2D eigenvalue weighted by molar-refractivity contribution is 0.0955. The molecule has 0 unspecified atom stereocenters. The van der Waals surface area contributed by atoms with Crippen LogP contribution in [0.3, 0.4) is 0 Å². The Hall–Kier alpha value is -3.34. The Kier molecular flexibility index (Phi) is 5.12. The van der Waals surface area contributed by atoms with Gasteiger partial charge in [0.1, 0.15) is 5.75 Å². The van der Waals surface area contributed by atoms with Gasteiger partial charge >= 0.3 is 0 Å². The molecule has 138 valence electrons. The fourth-order valence-corrected chi connectivity index (χ4v) is 3.16. The number of nitrogens with one attached hydrogen (secondary N) is 1. The smallest absolute Gasteiger partial charge is 0.271 e. The number of hydrogen-bond donors (Lipinski definition) is 2. The van der Waals surface area contributed by atoms with Crippen LogP contribution in [-0.4, -0.2) is 21.8 Å². The second-order valence-corrected chi connectivity index (χ2v) is 6.70. The van der Waals surface area contributed by atoms with Crippen LogP contribution in [0, 0.1) is 27.7 Å². The highest BCUT2D eigenvalue weighted by atomic mass is 16.3. The predicted molar refractivity (Wildman–Crippen MR) is 108 cm³/mol. The van der Waals surface area contributed by atoms with Gasteiger partial charge in [-0.15, -0.1) is 0 Å². The molecular formula is C22H23N3O2. The molecule has 1 amide bonds. The zero-order valence-electron chi connectivity index (χ0n) is 15.9. The zero-order chi connectivity index (χ0) is 19.6. The van der Waals surface area contributed by atoms with Gasteiger partial charge in [-0.2, -0.15) is 5.10 Å². The van der Waals surface area contributed by atoms with Crippen molar-refractivity contribution in [1.29, 1.82) is 0 Å². The largest absolute Gasteiger partial charge is 0.507 e. The third-order valence-electron chi connectivity index (χ3n) is 4.53. The van der Waals surface area contributed by atoms with Crippen LogP contribution in [0.5, 0.6) is 5.75 Å². The molecule has 0 aliphatic heterocycles. The van der Waals surface area contributed by atoms with Crippen LogP contribution >= 0.6 is 0 Å². The molecule has 0 spiro atoms. The van der Waals surface area contributed by atoms with Crippen molar-refractivity contribution in [2.75, 3.05) is 0 Å². The molecule has 3 rings (SSSR count). The number of carbonyl (C=O) groups is 1. The van der Waals surface area contributed by atoms with Crippen LogP contribution in [0.25, 0.3) is 5.69 Å². The number of hydrazone groups is 1. The van der Waals surface area contributed by atoms with Gasteiger partial charge in [0.05, 0.1) is 6.21 Å². The molecule has 2 aromatic carbocycles. The summed E-state index contributed by atoms with van der Waals surface area (Å²) in [6.07, 6.45) is 1.57. The Morgan fingerprint density at radius 1 is 1.00 bits per heavy atom. The van der Waals surface area contributed by atoms with Crippen LogP contribution < -0.4 is 5.43 Å². The molecule has 27 heavy (non-hydrogen) atoms. The quantitative estimate of drug-likeness (QED) is 0.541. The molecular weight excluding hydrogens is 338 g/mol. The highest BCUT2D eigenvalue weighted by molar-refractivity contribution is 5.95. The fourth-order valence-electron chi connectivity index (χ4n) is 3.16. The van der Waals surface area contributed by atoms with E-state index in [9.17, 15) is 9.90 Å². The average molecular weight is 361 g/mol. The topological polar surface area (TPSA) is 66.6 Å². The molecule has 0 bridgehead atoms. The van der Waals surface area contributed by atoms with Crippen molar-refractivity contribution in [2.45, 2.75) is 27.7 Å². The summed E-state index contributed by atoms with van der Waals surface area (Å²) < 4.78 is 2.10. The summed E-state index contributed by atoms with van der Waals surface area (Å²) in [5, 5.41) is 13.9. The van der Waals surface area contributed by atoms with Gasteiger partial charge in [-0.1, -0.05) is 6.07 Å². The summed E-state index contributed by atoms with van der Waals surface area (Å²) in [6.45, 7) is 7.72. The summed E-state index contributed by atoms with van der Waals surface area (Å²) in [5.41, 5.74) is 8.62. The Morgan fingerprint density at radius 3 is 2.26 bits per heavy atom. The molecule has 1 heterocycles. The van der Waals surface area contributed by atoms with Gasteiger partial charge in [-0.05, 0) is 86.8 Å². The lowest BCUT2D eigenvalue weighted by Gasteiger charge is -2.10. The Morgan fingerprint density at radius 2 is 1.63 bits per heavy atom. The Bertz CT molecular complexity index is 989. The lowest BCUT2D eigenvalue weighted by atomic mass is 10.1. The summed E-state index contributed by atoms with van der Waals surface area (Å²) in [7, 11) is 0. The fraction of sp³-hybridized carbons (Fsp3) is 0.182. The molecule has 0 aliphatic rings. The van der Waals surface area contributed by atoms with Crippen molar-refractivity contribution in [3.63, 3.8) is 0 Å². The third-order valence-corrected chi connectivity index (χ3v) is 4.53. The molecule has 3 aromatic rings. The number of phenolic OH excluding ortho intramolecular Hbond substituents is 1. The van der Waals surface area contributed by atoms with Gasteiger partial charge in [-0.3, -0.25) is 4.79 Å². The molecule has 0 radical (unpaired) electrons. The van der Waals surface area contributed by atoms with Crippen molar-refractivity contribution in [2.24, 2.45) is 5.10 Å². The van der Waals surface area contributed by atoms with Gasteiger partial charge < -0.3 is 9.67 Å². The number of aromatic nitrogens is 1. The number of hydrogen-bond acceptors (Lipinski definition) is 3. The van der Waals surface area contributed by atoms with Crippen LogP contribution in [0.2, 0.25) is 0 Å². The number of carbonyl (C=O) groups excluding carboxylic acids is 1. The normalized spacial score (nSPS) is 11.1. The summed E-state index contributed by atoms with van der Waals surface area (Å²) in [5.74, 6) is 0.00591. The van der Waals surface area contributed by atoms with E-state index in [1.807, 2.05) is 70.2 Å². The lowest BCUT2D eigenvalue weighted by Crippen LogP contribution is -2.18. The minimum absolute atomic E-state index is 0.275. The van der Waals surface area contributed by atoms with Gasteiger partial charge in [-0.25, -0.2) is 5.43 Å². The molecule has 2 N–H and O–H groups in total. The molecule has 0 atom stereocenters. The van der Waals surface area contributed by atoms with E-state index >= 15 is 0 Å². The van der Waals surface area contributed by atoms with Crippen LogP contribution in [-0.2, 0) is 0 Å². The first-order valence-corrected chi connectivity index (χ1v) is 8.76. The first kappa shape index (κ1) is 18.5. The number of nitrogens with zero attached hydrogens (tertiary/aromatic N) is 2. The van der Waals surface area contributed by atoms with Crippen molar-refractivity contribution < 1.29 is 9.90 Å². The molecule has 5 heteroatoms. The van der Waals surface area contributed by atoms with Crippen LogP contribution in [0.4, 0.5) is 0 Å². The van der Waals surface area contributed by atoms with Crippen LogP contribution in [0.15, 0.2) is 53.6 Å². The second-order valence-electron chi connectivity index (χ2n) is 6.70. The van der Waals surface area contributed by atoms with Crippen molar-refractivity contribution >= 4 is 12.1 Å². The summed E-state index contributed by atoms with van der Waals surface area (Å²) >= 11 is 0. The maximum Gasteiger partial charge on any atom is 0.271 e. The molecule has 1 aromatic heterocycles. The standard InChI is InChI=1S/C22H23N3O2/c1-14-10-18(11-15(2)21(14)26)13-23-24-22(27)19-6-5-7-20(12-19)25-16(3)8-9-17(25)4/h5-13,26H,1-4H3,(H,24,27)/b23-13-. The van der Waals surface area contributed by atoms with E-state index in [1.54, 1.807) is 12.3 Å². The van der Waals surface area contributed by atoms with Crippen molar-refractivity contribution in [1.82, 2.24) is 9.99 Å². The van der Waals surface area contributed by atoms with Gasteiger partial charge in [0, 0.05) is 22.6 Å². The third kappa shape index (κ3) is 3.92.